The van der Waals surface area contributed by atoms with Gasteiger partial charge in [-0.15, -0.1) is 0 Å². The van der Waals surface area contributed by atoms with Gasteiger partial charge in [0.15, 0.2) is 0 Å². The highest BCUT2D eigenvalue weighted by Gasteiger charge is 2.28. The van der Waals surface area contributed by atoms with E-state index < -0.39 is 0 Å². The molecule has 0 aliphatic carbocycles. The quantitative estimate of drug-likeness (QED) is 0.153. The van der Waals surface area contributed by atoms with Gasteiger partial charge in [-0.1, -0.05) is 166 Å². The molecule has 61 heavy (non-hydrogen) atoms. The molecular formula is C61H46. The third kappa shape index (κ3) is 4.94. The molecule has 0 aromatic heterocycles. The minimum absolute atomic E-state index is 0.357. The molecule has 0 saturated carbocycles. The fraction of sp³-hybridized carbons (Fsp3) is 0.115. The summed E-state index contributed by atoms with van der Waals surface area (Å²) in [5.74, 6) is 0.357. The Balaban J connectivity index is 1.36. The van der Waals surface area contributed by atoms with Gasteiger partial charge in [0.1, 0.15) is 0 Å². The number of rotatable bonds is 5. The highest BCUT2D eigenvalue weighted by atomic mass is 14.3. The SMILES string of the molecule is Cc1c(C)c(-c2ccccc2)c2c3cc4c(cc5c6c(-c7ccccc7)c(C)c(C)c(-c7ccccc7)c6c6cc(C(C)C)cc4c65)c4cccc(c2c1-c1ccccc1)c43. The molecule has 0 heteroatoms. The topological polar surface area (TPSA) is 0 Å². The standard InChI is InChI=1S/C61H46/c1-34(2)43-30-48-47-33-50-56-44(28-19-29-45(56)58-52(39-20-11-7-12-21-39)35(3)36(4)54(60(50)58)41-24-15-9-16-25-41)46(47)32-51-57(48)49(31-43)59-53(40-22-13-8-14-23-40)37(5)38(6)55(61(51)59)42-26-17-10-18-27-42/h7-34H,1-6H3. The van der Waals surface area contributed by atoms with E-state index in [1.54, 1.807) is 0 Å². The van der Waals surface area contributed by atoms with Crippen molar-refractivity contribution in [1.29, 1.82) is 0 Å². The first-order chi connectivity index (χ1) is 29.8. The zero-order valence-electron chi connectivity index (χ0n) is 35.7. The van der Waals surface area contributed by atoms with Crippen molar-refractivity contribution in [3.8, 4) is 44.5 Å². The van der Waals surface area contributed by atoms with Crippen molar-refractivity contribution in [3.05, 3.63) is 192 Å². The van der Waals surface area contributed by atoms with Crippen molar-refractivity contribution >= 4 is 75.4 Å². The molecule has 0 N–H and O–H groups in total. The van der Waals surface area contributed by atoms with Crippen LogP contribution in [0.1, 0.15) is 47.6 Å². The summed E-state index contributed by atoms with van der Waals surface area (Å²) in [5, 5.41) is 18.9. The number of fused-ring (bicyclic) bond motifs is 9. The predicted molar refractivity (Wildman–Crippen MR) is 266 cm³/mol. The molecule has 0 spiro atoms. The first-order valence-corrected chi connectivity index (χ1v) is 21.9. The summed E-state index contributed by atoms with van der Waals surface area (Å²) in [6.45, 7) is 14.1. The molecule has 0 radical (unpaired) electrons. The van der Waals surface area contributed by atoms with E-state index in [0.29, 0.717) is 5.92 Å². The first-order valence-electron chi connectivity index (χ1n) is 21.9. The van der Waals surface area contributed by atoms with E-state index in [-0.39, 0.29) is 0 Å². The van der Waals surface area contributed by atoms with E-state index in [0.717, 1.165) is 0 Å². The maximum absolute atomic E-state index is 2.59. The Morgan fingerprint density at radius 2 is 0.574 bits per heavy atom. The van der Waals surface area contributed by atoms with E-state index in [4.69, 9.17) is 0 Å². The minimum atomic E-state index is 0.357. The molecule has 0 unspecified atom stereocenters. The van der Waals surface area contributed by atoms with Crippen LogP contribution in [0.5, 0.6) is 0 Å². The van der Waals surface area contributed by atoms with Crippen LogP contribution in [0.3, 0.4) is 0 Å². The van der Waals surface area contributed by atoms with Gasteiger partial charge in [0.2, 0.25) is 0 Å². The molecule has 0 fully saturated rings. The predicted octanol–water partition coefficient (Wildman–Crippen LogP) is 17.7. The van der Waals surface area contributed by atoms with E-state index in [1.165, 1.54) is 148 Å². The number of hydrogen-bond donors (Lipinski definition) is 0. The maximum Gasteiger partial charge on any atom is -0.00108 e. The fourth-order valence-electron chi connectivity index (χ4n) is 11.3. The summed E-state index contributed by atoms with van der Waals surface area (Å²) >= 11 is 0. The van der Waals surface area contributed by atoms with Crippen LogP contribution in [0, 0.1) is 27.7 Å². The van der Waals surface area contributed by atoms with E-state index in [9.17, 15) is 0 Å². The number of hydrogen-bond acceptors (Lipinski definition) is 0. The van der Waals surface area contributed by atoms with Crippen molar-refractivity contribution in [2.24, 2.45) is 0 Å². The van der Waals surface area contributed by atoms with Gasteiger partial charge in [0.05, 0.1) is 0 Å². The lowest BCUT2D eigenvalue weighted by molar-refractivity contribution is 0.870. The lowest BCUT2D eigenvalue weighted by Gasteiger charge is -2.18. The van der Waals surface area contributed by atoms with Gasteiger partial charge in [-0.3, -0.25) is 0 Å². The lowest BCUT2D eigenvalue weighted by atomic mass is 9.85. The zero-order valence-corrected chi connectivity index (χ0v) is 35.7. The first kappa shape index (κ1) is 35.9. The smallest absolute Gasteiger partial charge is 0.00108 e. The summed E-state index contributed by atoms with van der Waals surface area (Å²) in [6.07, 6.45) is 0. The molecule has 12 aromatic carbocycles. The molecule has 0 bridgehead atoms. The Kier molecular flexibility index (Phi) is 7.79. The van der Waals surface area contributed by atoms with Gasteiger partial charge in [0, 0.05) is 0 Å². The summed E-state index contributed by atoms with van der Waals surface area (Å²) in [7, 11) is 0. The van der Waals surface area contributed by atoms with Gasteiger partial charge >= 0.3 is 0 Å². The third-order valence-corrected chi connectivity index (χ3v) is 14.3. The van der Waals surface area contributed by atoms with Crippen molar-refractivity contribution < 1.29 is 0 Å². The zero-order chi connectivity index (χ0) is 41.3. The third-order valence-electron chi connectivity index (χ3n) is 14.3. The van der Waals surface area contributed by atoms with Gasteiger partial charge < -0.3 is 0 Å². The monoisotopic (exact) mass is 778 g/mol. The summed E-state index contributed by atoms with van der Waals surface area (Å²) in [5.41, 5.74) is 17.2. The van der Waals surface area contributed by atoms with Crippen molar-refractivity contribution in [1.82, 2.24) is 0 Å². The van der Waals surface area contributed by atoms with Gasteiger partial charge in [-0.25, -0.2) is 0 Å². The Hall–Kier alpha value is -7.02. The maximum atomic E-state index is 2.59. The van der Waals surface area contributed by atoms with Gasteiger partial charge in [0.25, 0.3) is 0 Å². The van der Waals surface area contributed by atoms with Crippen LogP contribution in [-0.4, -0.2) is 0 Å². The van der Waals surface area contributed by atoms with Crippen LogP contribution in [-0.2, 0) is 0 Å². The highest BCUT2D eigenvalue weighted by Crippen LogP contribution is 2.55. The Labute approximate surface area is 357 Å². The van der Waals surface area contributed by atoms with Crippen LogP contribution in [0.4, 0.5) is 0 Å². The van der Waals surface area contributed by atoms with Crippen molar-refractivity contribution in [2.45, 2.75) is 47.5 Å². The Morgan fingerprint density at radius 3 is 0.967 bits per heavy atom. The van der Waals surface area contributed by atoms with Crippen molar-refractivity contribution in [2.75, 3.05) is 0 Å². The van der Waals surface area contributed by atoms with Crippen LogP contribution >= 0.6 is 0 Å². The van der Waals surface area contributed by atoms with Crippen LogP contribution < -0.4 is 0 Å². The summed E-state index contributed by atoms with van der Waals surface area (Å²) in [4.78, 5) is 0. The second kappa shape index (κ2) is 13.2. The van der Waals surface area contributed by atoms with Gasteiger partial charge in [-0.2, -0.15) is 0 Å². The highest BCUT2D eigenvalue weighted by molar-refractivity contribution is 6.44. The molecular weight excluding hydrogens is 733 g/mol. The van der Waals surface area contributed by atoms with Gasteiger partial charge in [-0.05, 0) is 193 Å². The Bertz CT molecular complexity index is 3710. The lowest BCUT2D eigenvalue weighted by Crippen LogP contribution is -1.94. The molecule has 0 saturated heterocycles. The van der Waals surface area contributed by atoms with Crippen LogP contribution in [0.15, 0.2) is 164 Å². The van der Waals surface area contributed by atoms with Crippen molar-refractivity contribution in [3.63, 3.8) is 0 Å². The summed E-state index contributed by atoms with van der Waals surface area (Å²) < 4.78 is 0. The normalized spacial score (nSPS) is 12.2. The second-order valence-corrected chi connectivity index (χ2v) is 17.8. The summed E-state index contributed by atoms with van der Waals surface area (Å²) in [6, 6.07) is 61.8. The molecule has 290 valence electrons. The molecule has 12 aromatic rings. The molecule has 0 aliphatic heterocycles. The molecule has 0 amide bonds. The minimum Gasteiger partial charge on any atom is -0.0622 e. The average Bonchev–Trinajstić information content (AvgIpc) is 3.79. The fourth-order valence-corrected chi connectivity index (χ4v) is 11.3. The second-order valence-electron chi connectivity index (χ2n) is 17.8. The Morgan fingerprint density at radius 1 is 0.262 bits per heavy atom. The van der Waals surface area contributed by atoms with Crippen LogP contribution in [0.2, 0.25) is 0 Å². The molecule has 12 rings (SSSR count). The van der Waals surface area contributed by atoms with Crippen LogP contribution in [0.25, 0.3) is 120 Å². The largest absolute Gasteiger partial charge is 0.0622 e. The van der Waals surface area contributed by atoms with E-state index in [2.05, 4.69) is 205 Å². The average molecular weight is 779 g/mol. The number of benzene rings is 10. The molecule has 0 aliphatic rings. The van der Waals surface area contributed by atoms with E-state index >= 15 is 0 Å². The molecule has 0 nitrogen and oxygen atoms in total. The molecule has 0 atom stereocenters. The molecule has 0 heterocycles. The van der Waals surface area contributed by atoms with E-state index in [1.807, 2.05) is 0 Å².